The van der Waals surface area contributed by atoms with Gasteiger partial charge in [0.05, 0.1) is 6.10 Å². The Morgan fingerprint density at radius 2 is 1.87 bits per heavy atom. The predicted molar refractivity (Wildman–Crippen MR) is 95.2 cm³/mol. The summed E-state index contributed by atoms with van der Waals surface area (Å²) < 4.78 is 0. The standard InChI is InChI=1S/C20H28O3/c1-14(7-6-8-15(2)13-19(22)23)9-10-17-16(3)18(21)11-12-20(17,4)5/h6-10,13,18,21H,11-12H2,1-5H3,(H,22,23). The van der Waals surface area contributed by atoms with Gasteiger partial charge in [-0.15, -0.1) is 0 Å². The summed E-state index contributed by atoms with van der Waals surface area (Å²) >= 11 is 0. The maximum atomic E-state index is 10.5. The molecule has 2 N–H and O–H groups in total. The summed E-state index contributed by atoms with van der Waals surface area (Å²) in [6, 6.07) is 0. The summed E-state index contributed by atoms with van der Waals surface area (Å²) in [6.45, 7) is 10.2. The molecule has 1 aliphatic carbocycles. The Morgan fingerprint density at radius 3 is 2.48 bits per heavy atom. The van der Waals surface area contributed by atoms with Crippen molar-refractivity contribution in [3.63, 3.8) is 0 Å². The number of rotatable bonds is 5. The van der Waals surface area contributed by atoms with Gasteiger partial charge < -0.3 is 10.2 Å². The van der Waals surface area contributed by atoms with E-state index in [1.54, 1.807) is 13.0 Å². The molecule has 0 aromatic heterocycles. The third-order valence-electron chi connectivity index (χ3n) is 4.28. The second kappa shape index (κ2) is 8.11. The monoisotopic (exact) mass is 316 g/mol. The van der Waals surface area contributed by atoms with Crippen LogP contribution in [-0.2, 0) is 4.79 Å². The van der Waals surface area contributed by atoms with Gasteiger partial charge in [0.15, 0.2) is 0 Å². The molecule has 1 unspecified atom stereocenters. The molecule has 3 nitrogen and oxygen atoms in total. The Morgan fingerprint density at radius 1 is 1.22 bits per heavy atom. The van der Waals surface area contributed by atoms with E-state index in [2.05, 4.69) is 19.9 Å². The fraction of sp³-hybridized carbons (Fsp3) is 0.450. The van der Waals surface area contributed by atoms with Gasteiger partial charge in [-0.05, 0) is 55.7 Å². The largest absolute Gasteiger partial charge is 0.478 e. The summed E-state index contributed by atoms with van der Waals surface area (Å²) in [7, 11) is 0. The first-order valence-corrected chi connectivity index (χ1v) is 7.97. The highest BCUT2D eigenvalue weighted by molar-refractivity contribution is 5.81. The SMILES string of the molecule is CC(C=CC1=C(C)C(O)CCC1(C)C)=CC=CC(C)=CC(=O)O. The second-order valence-corrected chi connectivity index (χ2v) is 6.86. The number of carboxylic acids is 1. The van der Waals surface area contributed by atoms with E-state index < -0.39 is 5.97 Å². The molecule has 0 aromatic rings. The van der Waals surface area contributed by atoms with E-state index in [9.17, 15) is 9.90 Å². The van der Waals surface area contributed by atoms with Gasteiger partial charge in [0, 0.05) is 6.08 Å². The summed E-state index contributed by atoms with van der Waals surface area (Å²) in [5, 5.41) is 18.7. The highest BCUT2D eigenvalue weighted by Gasteiger charge is 2.30. The van der Waals surface area contributed by atoms with Gasteiger partial charge in [0.2, 0.25) is 0 Å². The average Bonchev–Trinajstić information content (AvgIpc) is 2.42. The lowest BCUT2D eigenvalue weighted by Gasteiger charge is -2.35. The summed E-state index contributed by atoms with van der Waals surface area (Å²) in [4.78, 5) is 10.5. The molecule has 0 fully saturated rings. The minimum Gasteiger partial charge on any atom is -0.478 e. The number of aliphatic hydroxyl groups is 1. The zero-order chi connectivity index (χ0) is 17.6. The molecule has 0 heterocycles. The first kappa shape index (κ1) is 19.2. The van der Waals surface area contributed by atoms with Crippen molar-refractivity contribution in [2.45, 2.75) is 53.6 Å². The van der Waals surface area contributed by atoms with Crippen molar-refractivity contribution in [3.8, 4) is 0 Å². The molecule has 0 saturated carbocycles. The Labute approximate surface area is 139 Å². The maximum Gasteiger partial charge on any atom is 0.328 e. The fourth-order valence-electron chi connectivity index (χ4n) is 2.78. The van der Waals surface area contributed by atoms with Crippen LogP contribution in [0, 0.1) is 5.41 Å². The third kappa shape index (κ3) is 6.03. The van der Waals surface area contributed by atoms with Crippen LogP contribution in [0.25, 0.3) is 0 Å². The van der Waals surface area contributed by atoms with Crippen molar-refractivity contribution < 1.29 is 15.0 Å². The van der Waals surface area contributed by atoms with E-state index in [-0.39, 0.29) is 11.5 Å². The molecule has 0 spiro atoms. The van der Waals surface area contributed by atoms with E-state index >= 15 is 0 Å². The molecule has 1 atom stereocenters. The van der Waals surface area contributed by atoms with Crippen LogP contribution in [0.5, 0.6) is 0 Å². The Bertz CT molecular complexity index is 598. The highest BCUT2D eigenvalue weighted by Crippen LogP contribution is 2.40. The van der Waals surface area contributed by atoms with Gasteiger partial charge in [-0.1, -0.05) is 49.8 Å². The van der Waals surface area contributed by atoms with Gasteiger partial charge >= 0.3 is 5.97 Å². The van der Waals surface area contributed by atoms with Gasteiger partial charge in [0.25, 0.3) is 0 Å². The molecule has 1 rings (SSSR count). The summed E-state index contributed by atoms with van der Waals surface area (Å²) in [5.74, 6) is -0.937. The highest BCUT2D eigenvalue weighted by atomic mass is 16.4. The van der Waals surface area contributed by atoms with E-state index in [0.29, 0.717) is 5.57 Å². The van der Waals surface area contributed by atoms with Crippen molar-refractivity contribution in [2.75, 3.05) is 0 Å². The molecule has 0 radical (unpaired) electrons. The molecule has 126 valence electrons. The topological polar surface area (TPSA) is 57.5 Å². The molecule has 23 heavy (non-hydrogen) atoms. The normalized spacial score (nSPS) is 23.1. The van der Waals surface area contributed by atoms with Crippen LogP contribution < -0.4 is 0 Å². The van der Waals surface area contributed by atoms with Crippen LogP contribution in [-0.4, -0.2) is 22.3 Å². The molecule has 1 aliphatic rings. The van der Waals surface area contributed by atoms with Crippen molar-refractivity contribution in [1.82, 2.24) is 0 Å². The average molecular weight is 316 g/mol. The second-order valence-electron chi connectivity index (χ2n) is 6.86. The van der Waals surface area contributed by atoms with E-state index in [1.165, 1.54) is 11.6 Å². The zero-order valence-electron chi connectivity index (χ0n) is 14.8. The van der Waals surface area contributed by atoms with Crippen molar-refractivity contribution in [2.24, 2.45) is 5.41 Å². The Kier molecular flexibility index (Phi) is 6.77. The van der Waals surface area contributed by atoms with Crippen LogP contribution in [0.3, 0.4) is 0 Å². The van der Waals surface area contributed by atoms with Gasteiger partial charge in [-0.2, -0.15) is 0 Å². The maximum absolute atomic E-state index is 10.5. The molecule has 0 aliphatic heterocycles. The molecule has 0 aromatic carbocycles. The van der Waals surface area contributed by atoms with Crippen LogP contribution in [0.15, 0.2) is 58.7 Å². The van der Waals surface area contributed by atoms with Gasteiger partial charge in [-0.25, -0.2) is 4.79 Å². The Hall–Kier alpha value is -1.87. The number of allylic oxidation sites excluding steroid dienone is 8. The summed E-state index contributed by atoms with van der Waals surface area (Å²) in [6.07, 6.45) is 12.3. The minimum absolute atomic E-state index is 0.0801. The van der Waals surface area contributed by atoms with Crippen LogP contribution in [0.2, 0.25) is 0 Å². The lowest BCUT2D eigenvalue weighted by atomic mass is 9.71. The number of carbonyl (C=O) groups is 1. The number of aliphatic carboxylic acids is 1. The number of hydrogen-bond donors (Lipinski definition) is 2. The van der Waals surface area contributed by atoms with Crippen LogP contribution in [0.1, 0.15) is 47.5 Å². The van der Waals surface area contributed by atoms with Crippen molar-refractivity contribution in [3.05, 3.63) is 58.7 Å². The summed E-state index contributed by atoms with van der Waals surface area (Å²) in [5.41, 5.74) is 4.11. The van der Waals surface area contributed by atoms with Crippen LogP contribution in [0.4, 0.5) is 0 Å². The fourth-order valence-corrected chi connectivity index (χ4v) is 2.78. The van der Waals surface area contributed by atoms with Crippen molar-refractivity contribution >= 4 is 5.97 Å². The lowest BCUT2D eigenvalue weighted by molar-refractivity contribution is -0.131. The van der Waals surface area contributed by atoms with E-state index in [0.717, 1.165) is 24.0 Å². The quantitative estimate of drug-likeness (QED) is 0.577. The lowest BCUT2D eigenvalue weighted by Crippen LogP contribution is -2.27. The molecule has 0 amide bonds. The third-order valence-corrected chi connectivity index (χ3v) is 4.28. The number of hydrogen-bond acceptors (Lipinski definition) is 2. The molecular formula is C20H28O3. The molecular weight excluding hydrogens is 288 g/mol. The minimum atomic E-state index is -0.937. The van der Waals surface area contributed by atoms with E-state index in [1.807, 2.05) is 32.1 Å². The van der Waals surface area contributed by atoms with Gasteiger partial charge in [0.1, 0.15) is 0 Å². The van der Waals surface area contributed by atoms with Crippen LogP contribution >= 0.6 is 0 Å². The Balaban J connectivity index is 2.87. The van der Waals surface area contributed by atoms with Gasteiger partial charge in [-0.3, -0.25) is 0 Å². The van der Waals surface area contributed by atoms with Crippen molar-refractivity contribution in [1.29, 1.82) is 0 Å². The van der Waals surface area contributed by atoms with E-state index in [4.69, 9.17) is 5.11 Å². The smallest absolute Gasteiger partial charge is 0.328 e. The number of aliphatic hydroxyl groups excluding tert-OH is 1. The molecule has 0 saturated heterocycles. The predicted octanol–water partition coefficient (Wildman–Crippen LogP) is 4.57. The first-order chi connectivity index (χ1) is 10.6. The first-order valence-electron chi connectivity index (χ1n) is 7.97. The zero-order valence-corrected chi connectivity index (χ0v) is 14.8. The molecule has 0 bridgehead atoms. The number of carboxylic acid groups (broad SMARTS) is 1. The molecule has 3 heteroatoms.